The summed E-state index contributed by atoms with van der Waals surface area (Å²) in [6, 6.07) is 19.3. The first-order valence-corrected chi connectivity index (χ1v) is 10.7. The summed E-state index contributed by atoms with van der Waals surface area (Å²) in [5.41, 5.74) is 3.98. The van der Waals surface area contributed by atoms with Gasteiger partial charge in [0.25, 0.3) is 0 Å². The summed E-state index contributed by atoms with van der Waals surface area (Å²) in [6.45, 7) is 1.84. The van der Waals surface area contributed by atoms with Crippen molar-refractivity contribution in [2.75, 3.05) is 13.8 Å². The lowest BCUT2D eigenvalue weighted by atomic mass is 10.0. The summed E-state index contributed by atoms with van der Waals surface area (Å²) in [5.74, 6) is 1.59. The lowest BCUT2D eigenvalue weighted by molar-refractivity contribution is 0.0890. The van der Waals surface area contributed by atoms with Crippen molar-refractivity contribution in [2.45, 2.75) is 13.1 Å². The first-order chi connectivity index (χ1) is 15.1. The fraction of sp³-hybridized carbons (Fsp3) is 0.160. The molecule has 1 aliphatic rings. The third-order valence-electron chi connectivity index (χ3n) is 5.51. The summed E-state index contributed by atoms with van der Waals surface area (Å²) in [4.78, 5) is 15.4. The molecule has 0 radical (unpaired) electrons. The summed E-state index contributed by atoms with van der Waals surface area (Å²) in [7, 11) is 1.66. The van der Waals surface area contributed by atoms with E-state index in [2.05, 4.69) is 20.8 Å². The van der Waals surface area contributed by atoms with Crippen molar-refractivity contribution in [3.8, 4) is 22.6 Å². The Kier molecular flexibility index (Phi) is 5.26. The molecule has 0 aliphatic carbocycles. The molecule has 0 saturated carbocycles. The Morgan fingerprint density at radius 1 is 1.03 bits per heavy atom. The van der Waals surface area contributed by atoms with E-state index < -0.39 is 0 Å². The van der Waals surface area contributed by atoms with Crippen LogP contribution in [0, 0.1) is 0 Å². The van der Waals surface area contributed by atoms with Crippen LogP contribution in [0.25, 0.3) is 22.1 Å². The van der Waals surface area contributed by atoms with Gasteiger partial charge in [-0.05, 0) is 47.5 Å². The maximum Gasteiger partial charge on any atom is 0.200 e. The topological polar surface area (TPSA) is 51.9 Å². The van der Waals surface area contributed by atoms with Crippen LogP contribution >= 0.6 is 15.9 Å². The zero-order valence-corrected chi connectivity index (χ0v) is 18.5. The van der Waals surface area contributed by atoms with Crippen LogP contribution in [0.3, 0.4) is 0 Å². The van der Waals surface area contributed by atoms with Gasteiger partial charge in [-0.15, -0.1) is 0 Å². The molecule has 0 saturated heterocycles. The number of nitrogens with zero attached hydrogens (tertiary/aromatic N) is 1. The van der Waals surface area contributed by atoms with Gasteiger partial charge in [0.2, 0.25) is 5.43 Å². The zero-order chi connectivity index (χ0) is 21.4. The number of ether oxygens (including phenoxy) is 2. The average Bonchev–Trinajstić information content (AvgIpc) is 2.80. The van der Waals surface area contributed by atoms with E-state index in [1.165, 1.54) is 0 Å². The van der Waals surface area contributed by atoms with Crippen LogP contribution in [0.5, 0.6) is 11.5 Å². The normalized spacial score (nSPS) is 13.6. The van der Waals surface area contributed by atoms with Gasteiger partial charge < -0.3 is 13.9 Å². The van der Waals surface area contributed by atoms with Gasteiger partial charge in [0, 0.05) is 17.6 Å². The molecule has 0 unspecified atom stereocenters. The highest BCUT2D eigenvalue weighted by molar-refractivity contribution is 9.10. The van der Waals surface area contributed by atoms with E-state index in [9.17, 15) is 4.79 Å². The lowest BCUT2D eigenvalue weighted by Gasteiger charge is -2.29. The Morgan fingerprint density at radius 3 is 2.55 bits per heavy atom. The van der Waals surface area contributed by atoms with Crippen LogP contribution < -0.4 is 14.9 Å². The molecule has 0 fully saturated rings. The van der Waals surface area contributed by atoms with E-state index in [1.807, 2.05) is 54.6 Å². The molecular formula is C25H20BrNO4. The number of hydrogen-bond donors (Lipinski definition) is 0. The highest BCUT2D eigenvalue weighted by Crippen LogP contribution is 2.33. The van der Waals surface area contributed by atoms with Crippen molar-refractivity contribution in [1.29, 1.82) is 0 Å². The molecule has 0 spiro atoms. The molecule has 2 heterocycles. The van der Waals surface area contributed by atoms with Crippen LogP contribution in [0.1, 0.15) is 11.1 Å². The monoisotopic (exact) mass is 477 g/mol. The number of fused-ring (bicyclic) bond motifs is 3. The van der Waals surface area contributed by atoms with Gasteiger partial charge in [0.15, 0.2) is 0 Å². The van der Waals surface area contributed by atoms with E-state index >= 15 is 0 Å². The minimum Gasteiger partial charge on any atom is -0.497 e. The highest BCUT2D eigenvalue weighted by atomic mass is 79.9. The van der Waals surface area contributed by atoms with Crippen LogP contribution in [0.15, 0.2) is 80.6 Å². The van der Waals surface area contributed by atoms with E-state index in [0.29, 0.717) is 29.8 Å². The summed E-state index contributed by atoms with van der Waals surface area (Å²) in [5, 5.41) is 0.564. The third-order valence-corrected chi connectivity index (χ3v) is 6.03. The molecule has 0 amide bonds. The minimum absolute atomic E-state index is 0.0429. The smallest absolute Gasteiger partial charge is 0.200 e. The van der Waals surface area contributed by atoms with Crippen LogP contribution in [0.2, 0.25) is 0 Å². The standard InChI is InChI=1S/C25H20BrNO4/c1-29-19-8-2-16(3-9-19)12-27-13-21-23(31-15-27)11-10-20-24(28)22(14-30-25(20)21)17-4-6-18(26)7-5-17/h2-11,14H,12-13,15H2,1H3. The average molecular weight is 478 g/mol. The third kappa shape index (κ3) is 3.84. The molecule has 0 atom stereocenters. The highest BCUT2D eigenvalue weighted by Gasteiger charge is 2.23. The Balaban J connectivity index is 1.47. The van der Waals surface area contributed by atoms with Crippen molar-refractivity contribution in [3.63, 3.8) is 0 Å². The maximum absolute atomic E-state index is 13.2. The Hall–Kier alpha value is -3.09. The maximum atomic E-state index is 13.2. The molecule has 156 valence electrons. The molecule has 1 aromatic heterocycles. The molecule has 5 rings (SSSR count). The first kappa shape index (κ1) is 19.8. The Morgan fingerprint density at radius 2 is 1.81 bits per heavy atom. The van der Waals surface area contributed by atoms with Crippen molar-refractivity contribution in [2.24, 2.45) is 0 Å². The predicted octanol–water partition coefficient (Wildman–Crippen LogP) is 5.58. The Bertz CT molecular complexity index is 1300. The number of methoxy groups -OCH3 is 1. The van der Waals surface area contributed by atoms with Crippen LogP contribution in [-0.2, 0) is 13.1 Å². The van der Waals surface area contributed by atoms with Gasteiger partial charge in [0.1, 0.15) is 30.1 Å². The van der Waals surface area contributed by atoms with Gasteiger partial charge in [-0.25, -0.2) is 0 Å². The predicted molar refractivity (Wildman–Crippen MR) is 123 cm³/mol. The van der Waals surface area contributed by atoms with Gasteiger partial charge in [-0.2, -0.15) is 0 Å². The van der Waals surface area contributed by atoms with Crippen LogP contribution in [-0.4, -0.2) is 18.7 Å². The fourth-order valence-electron chi connectivity index (χ4n) is 3.87. The summed E-state index contributed by atoms with van der Waals surface area (Å²) >= 11 is 3.43. The molecule has 1 aliphatic heterocycles. The molecule has 31 heavy (non-hydrogen) atoms. The van der Waals surface area contributed by atoms with Gasteiger partial charge in [-0.1, -0.05) is 40.2 Å². The molecule has 0 N–H and O–H groups in total. The fourth-order valence-corrected chi connectivity index (χ4v) is 4.14. The van der Waals surface area contributed by atoms with Crippen LogP contribution in [0.4, 0.5) is 0 Å². The zero-order valence-electron chi connectivity index (χ0n) is 16.9. The van der Waals surface area contributed by atoms with E-state index in [-0.39, 0.29) is 5.43 Å². The van der Waals surface area contributed by atoms with Crippen molar-refractivity contribution in [3.05, 3.63) is 92.7 Å². The number of hydrogen-bond acceptors (Lipinski definition) is 5. The quantitative estimate of drug-likeness (QED) is 0.383. The minimum atomic E-state index is -0.0429. The number of benzene rings is 3. The number of rotatable bonds is 4. The van der Waals surface area contributed by atoms with Gasteiger partial charge in [0.05, 0.1) is 23.6 Å². The lowest BCUT2D eigenvalue weighted by Crippen LogP contribution is -2.31. The van der Waals surface area contributed by atoms with Crippen molar-refractivity contribution >= 4 is 26.9 Å². The second-order valence-electron chi connectivity index (χ2n) is 7.51. The first-order valence-electron chi connectivity index (χ1n) is 9.94. The molecule has 5 nitrogen and oxygen atoms in total. The summed E-state index contributed by atoms with van der Waals surface area (Å²) in [6.07, 6.45) is 1.55. The van der Waals surface area contributed by atoms with Crippen molar-refractivity contribution in [1.82, 2.24) is 4.90 Å². The largest absolute Gasteiger partial charge is 0.497 e. The molecule has 0 bridgehead atoms. The van der Waals surface area contributed by atoms with E-state index in [0.717, 1.165) is 39.2 Å². The van der Waals surface area contributed by atoms with E-state index in [4.69, 9.17) is 13.9 Å². The Labute approximate surface area is 188 Å². The van der Waals surface area contributed by atoms with E-state index in [1.54, 1.807) is 19.4 Å². The number of halogens is 1. The second-order valence-corrected chi connectivity index (χ2v) is 8.43. The van der Waals surface area contributed by atoms with Gasteiger partial charge in [-0.3, -0.25) is 9.69 Å². The molecule has 3 aromatic carbocycles. The molecule has 4 aromatic rings. The molecular weight excluding hydrogens is 458 g/mol. The molecule has 6 heteroatoms. The van der Waals surface area contributed by atoms with Crippen molar-refractivity contribution < 1.29 is 13.9 Å². The summed E-state index contributed by atoms with van der Waals surface area (Å²) < 4.78 is 18.2. The SMILES string of the molecule is COc1ccc(CN2COc3ccc4c(=O)c(-c5ccc(Br)cc5)coc4c3C2)cc1. The second kappa shape index (κ2) is 8.21. The van der Waals surface area contributed by atoms with Gasteiger partial charge >= 0.3 is 0 Å².